The number of carboxylic acids is 1. The molecule has 1 N–H and O–H groups in total. The lowest BCUT2D eigenvalue weighted by Crippen LogP contribution is -2.45. The maximum Gasteiger partial charge on any atom is 0.308 e. The molecule has 0 aliphatic carbocycles. The van der Waals surface area contributed by atoms with E-state index in [1.165, 1.54) is 0 Å². The first kappa shape index (κ1) is 14.9. The number of amides is 1. The average molecular weight is 258 g/mol. The number of hydrogen-bond donors (Lipinski definition) is 1. The van der Waals surface area contributed by atoms with Gasteiger partial charge in [0.15, 0.2) is 0 Å². The van der Waals surface area contributed by atoms with Gasteiger partial charge in [0.05, 0.1) is 12.5 Å². The van der Waals surface area contributed by atoms with Crippen LogP contribution in [-0.4, -0.2) is 73.7 Å². The van der Waals surface area contributed by atoms with Crippen LogP contribution < -0.4 is 0 Å². The SMILES string of the molecule is COCCN(C)CCN1CC(C(=O)O)CCC1=O. The summed E-state index contributed by atoms with van der Waals surface area (Å²) in [6.45, 7) is 3.12. The molecule has 0 saturated carbocycles. The lowest BCUT2D eigenvalue weighted by Gasteiger charge is -2.31. The minimum atomic E-state index is -0.805. The Morgan fingerprint density at radius 3 is 2.89 bits per heavy atom. The van der Waals surface area contributed by atoms with Gasteiger partial charge in [-0.3, -0.25) is 9.59 Å². The number of nitrogens with zero attached hydrogens (tertiary/aromatic N) is 2. The molecular formula is C12H22N2O4. The molecule has 0 aromatic rings. The molecule has 1 aliphatic rings. The standard InChI is InChI=1S/C12H22N2O4/c1-13(7-8-18-2)5-6-14-9-10(12(16)17)3-4-11(14)15/h10H,3-9H2,1-2H3,(H,16,17). The van der Waals surface area contributed by atoms with E-state index in [1.54, 1.807) is 12.0 Å². The van der Waals surface area contributed by atoms with Crippen LogP contribution in [0.15, 0.2) is 0 Å². The van der Waals surface area contributed by atoms with E-state index in [9.17, 15) is 9.59 Å². The highest BCUT2D eigenvalue weighted by molar-refractivity contribution is 5.80. The van der Waals surface area contributed by atoms with E-state index in [1.807, 2.05) is 7.05 Å². The number of methoxy groups -OCH3 is 1. The number of carbonyl (C=O) groups excluding carboxylic acids is 1. The van der Waals surface area contributed by atoms with E-state index >= 15 is 0 Å². The Bertz CT molecular complexity index is 296. The summed E-state index contributed by atoms with van der Waals surface area (Å²) < 4.78 is 4.97. The van der Waals surface area contributed by atoms with Crippen molar-refractivity contribution in [1.82, 2.24) is 9.80 Å². The van der Waals surface area contributed by atoms with Gasteiger partial charge in [0, 0.05) is 39.7 Å². The number of likely N-dealkylation sites (N-methyl/N-ethyl adjacent to an activating group) is 1. The maximum absolute atomic E-state index is 11.7. The van der Waals surface area contributed by atoms with Gasteiger partial charge in [0.1, 0.15) is 0 Å². The minimum Gasteiger partial charge on any atom is -0.481 e. The van der Waals surface area contributed by atoms with Crippen molar-refractivity contribution >= 4 is 11.9 Å². The molecule has 1 fully saturated rings. The van der Waals surface area contributed by atoms with Crippen molar-refractivity contribution in [3.63, 3.8) is 0 Å². The molecule has 0 aromatic heterocycles. The molecule has 6 nitrogen and oxygen atoms in total. The molecule has 1 amide bonds. The van der Waals surface area contributed by atoms with E-state index in [2.05, 4.69) is 4.90 Å². The van der Waals surface area contributed by atoms with Crippen LogP contribution in [0.25, 0.3) is 0 Å². The van der Waals surface area contributed by atoms with Crippen LogP contribution in [0.2, 0.25) is 0 Å². The molecule has 1 atom stereocenters. The number of carbonyl (C=O) groups is 2. The summed E-state index contributed by atoms with van der Waals surface area (Å²) in [5, 5.41) is 8.97. The van der Waals surface area contributed by atoms with Crippen LogP contribution in [0.5, 0.6) is 0 Å². The zero-order valence-corrected chi connectivity index (χ0v) is 11.1. The third kappa shape index (κ3) is 4.62. The highest BCUT2D eigenvalue weighted by Gasteiger charge is 2.29. The highest BCUT2D eigenvalue weighted by atomic mass is 16.5. The Balaban J connectivity index is 2.35. The Hall–Kier alpha value is -1.14. The Morgan fingerprint density at radius 2 is 2.28 bits per heavy atom. The molecule has 0 radical (unpaired) electrons. The lowest BCUT2D eigenvalue weighted by atomic mass is 9.98. The number of ether oxygens (including phenoxy) is 1. The third-order valence-corrected chi connectivity index (χ3v) is 3.28. The zero-order valence-electron chi connectivity index (χ0n) is 11.1. The summed E-state index contributed by atoms with van der Waals surface area (Å²) in [5.74, 6) is -1.15. The predicted molar refractivity (Wildman–Crippen MR) is 66.3 cm³/mol. The number of piperidine rings is 1. The summed E-state index contributed by atoms with van der Waals surface area (Å²) in [4.78, 5) is 26.3. The molecule has 1 saturated heterocycles. The lowest BCUT2D eigenvalue weighted by molar-refractivity contribution is -0.147. The van der Waals surface area contributed by atoms with Crippen molar-refractivity contribution in [2.45, 2.75) is 12.8 Å². The molecule has 104 valence electrons. The second-order valence-electron chi connectivity index (χ2n) is 4.71. The van der Waals surface area contributed by atoms with Gasteiger partial charge in [-0.05, 0) is 13.5 Å². The molecular weight excluding hydrogens is 236 g/mol. The van der Waals surface area contributed by atoms with Crippen LogP contribution in [0, 0.1) is 5.92 Å². The van der Waals surface area contributed by atoms with Gasteiger partial charge in [0.2, 0.25) is 5.91 Å². The molecule has 1 unspecified atom stereocenters. The number of likely N-dealkylation sites (tertiary alicyclic amines) is 1. The first-order valence-electron chi connectivity index (χ1n) is 6.22. The van der Waals surface area contributed by atoms with Gasteiger partial charge in [-0.15, -0.1) is 0 Å². The van der Waals surface area contributed by atoms with Crippen molar-refractivity contribution in [2.75, 3.05) is 46.9 Å². The summed E-state index contributed by atoms with van der Waals surface area (Å²) in [6, 6.07) is 0. The van der Waals surface area contributed by atoms with Gasteiger partial charge in [-0.1, -0.05) is 0 Å². The van der Waals surface area contributed by atoms with E-state index < -0.39 is 11.9 Å². The number of carboxylic acid groups (broad SMARTS) is 1. The third-order valence-electron chi connectivity index (χ3n) is 3.28. The zero-order chi connectivity index (χ0) is 13.5. The second kappa shape index (κ2) is 7.33. The van der Waals surface area contributed by atoms with Crippen LogP contribution in [0.1, 0.15) is 12.8 Å². The minimum absolute atomic E-state index is 0.0626. The molecule has 0 bridgehead atoms. The van der Waals surface area contributed by atoms with Crippen molar-refractivity contribution in [3.05, 3.63) is 0 Å². The molecule has 0 spiro atoms. The Labute approximate surface area is 107 Å². The molecule has 18 heavy (non-hydrogen) atoms. The van der Waals surface area contributed by atoms with Crippen LogP contribution in [-0.2, 0) is 14.3 Å². The molecule has 6 heteroatoms. The number of aliphatic carboxylic acids is 1. The van der Waals surface area contributed by atoms with Crippen LogP contribution in [0.3, 0.4) is 0 Å². The fourth-order valence-corrected chi connectivity index (χ4v) is 1.98. The van der Waals surface area contributed by atoms with E-state index in [4.69, 9.17) is 9.84 Å². The van der Waals surface area contributed by atoms with Gasteiger partial charge in [-0.25, -0.2) is 0 Å². The fourth-order valence-electron chi connectivity index (χ4n) is 1.98. The van der Waals surface area contributed by atoms with Gasteiger partial charge in [0.25, 0.3) is 0 Å². The predicted octanol–water partition coefficient (Wildman–Crippen LogP) is -0.112. The molecule has 1 heterocycles. The number of rotatable bonds is 7. The quantitative estimate of drug-likeness (QED) is 0.690. The van der Waals surface area contributed by atoms with Crippen molar-refractivity contribution in [2.24, 2.45) is 5.92 Å². The van der Waals surface area contributed by atoms with E-state index in [0.29, 0.717) is 32.5 Å². The van der Waals surface area contributed by atoms with Crippen molar-refractivity contribution in [1.29, 1.82) is 0 Å². The topological polar surface area (TPSA) is 70.1 Å². The normalized spacial score (nSPS) is 20.5. The summed E-state index contributed by atoms with van der Waals surface area (Å²) >= 11 is 0. The highest BCUT2D eigenvalue weighted by Crippen LogP contribution is 2.17. The molecule has 1 rings (SSSR count). The van der Waals surface area contributed by atoms with E-state index in [0.717, 1.165) is 13.1 Å². The van der Waals surface area contributed by atoms with Gasteiger partial charge < -0.3 is 19.6 Å². The Morgan fingerprint density at radius 1 is 1.56 bits per heavy atom. The monoisotopic (exact) mass is 258 g/mol. The van der Waals surface area contributed by atoms with E-state index in [-0.39, 0.29) is 5.91 Å². The summed E-state index contributed by atoms with van der Waals surface area (Å²) in [6.07, 6.45) is 0.808. The summed E-state index contributed by atoms with van der Waals surface area (Å²) in [7, 11) is 3.61. The summed E-state index contributed by atoms with van der Waals surface area (Å²) in [5.41, 5.74) is 0. The first-order chi connectivity index (χ1) is 8.54. The smallest absolute Gasteiger partial charge is 0.308 e. The fraction of sp³-hybridized carbons (Fsp3) is 0.833. The van der Waals surface area contributed by atoms with Crippen LogP contribution in [0.4, 0.5) is 0 Å². The van der Waals surface area contributed by atoms with Gasteiger partial charge in [-0.2, -0.15) is 0 Å². The molecule has 0 aromatic carbocycles. The second-order valence-corrected chi connectivity index (χ2v) is 4.71. The van der Waals surface area contributed by atoms with Gasteiger partial charge >= 0.3 is 5.97 Å². The Kier molecular flexibility index (Phi) is 6.07. The largest absolute Gasteiger partial charge is 0.481 e. The van der Waals surface area contributed by atoms with Crippen molar-refractivity contribution in [3.8, 4) is 0 Å². The maximum atomic E-state index is 11.7. The first-order valence-corrected chi connectivity index (χ1v) is 6.22. The van der Waals surface area contributed by atoms with Crippen molar-refractivity contribution < 1.29 is 19.4 Å². The average Bonchev–Trinajstić information content (AvgIpc) is 2.35. The number of hydrogen-bond acceptors (Lipinski definition) is 4. The van der Waals surface area contributed by atoms with Crippen LogP contribution >= 0.6 is 0 Å². The molecule has 1 aliphatic heterocycles.